The van der Waals surface area contributed by atoms with E-state index in [1.807, 2.05) is 0 Å². The zero-order valence-corrected chi connectivity index (χ0v) is 24.3. The second-order valence-electron chi connectivity index (χ2n) is 11.7. The molecular weight excluding hydrogens is 600 g/mol. The lowest BCUT2D eigenvalue weighted by atomic mass is 9.80. The van der Waals surface area contributed by atoms with Crippen molar-refractivity contribution in [1.29, 1.82) is 0 Å². The Hall–Kier alpha value is -2.89. The van der Waals surface area contributed by atoms with E-state index in [1.54, 1.807) is 6.07 Å². The van der Waals surface area contributed by atoms with E-state index < -0.39 is 65.5 Å². The van der Waals surface area contributed by atoms with Crippen LogP contribution < -0.4 is 9.47 Å². The molecule has 0 heterocycles. The van der Waals surface area contributed by atoms with Gasteiger partial charge in [0.1, 0.15) is 0 Å². The molecule has 0 saturated heterocycles. The van der Waals surface area contributed by atoms with Gasteiger partial charge in [0.05, 0.1) is 17.9 Å². The third-order valence-electron chi connectivity index (χ3n) is 8.52. The van der Waals surface area contributed by atoms with Gasteiger partial charge in [0.2, 0.25) is 5.75 Å². The Morgan fingerprint density at radius 2 is 1.45 bits per heavy atom. The highest BCUT2D eigenvalue weighted by Crippen LogP contribution is 2.44. The van der Waals surface area contributed by atoms with Crippen LogP contribution in [0.25, 0.3) is 0 Å². The fourth-order valence-corrected chi connectivity index (χ4v) is 6.08. The minimum absolute atomic E-state index is 0.00581. The van der Waals surface area contributed by atoms with Gasteiger partial charge in [-0.15, -0.1) is 13.2 Å². The van der Waals surface area contributed by atoms with E-state index in [4.69, 9.17) is 9.47 Å². The van der Waals surface area contributed by atoms with Gasteiger partial charge in [0.15, 0.2) is 23.2 Å². The molecule has 0 radical (unpaired) electrons. The van der Waals surface area contributed by atoms with Crippen LogP contribution >= 0.6 is 0 Å². The van der Waals surface area contributed by atoms with E-state index in [1.165, 1.54) is 12.1 Å². The lowest BCUT2D eigenvalue weighted by Crippen LogP contribution is -2.40. The van der Waals surface area contributed by atoms with Crippen LogP contribution in [0, 0.1) is 29.3 Å². The average Bonchev–Trinajstić information content (AvgIpc) is 2.96. The summed E-state index contributed by atoms with van der Waals surface area (Å²) in [4.78, 5) is 12.6. The number of carbonyl (C=O) groups excluding carboxylic acids is 1. The Morgan fingerprint density at radius 3 is 2.02 bits per heavy atom. The third kappa shape index (κ3) is 9.08. The summed E-state index contributed by atoms with van der Waals surface area (Å²) in [6.07, 6.45) is -4.73. The highest BCUT2D eigenvalue weighted by Gasteiger charge is 2.46. The molecule has 0 N–H and O–H groups in total. The number of hydrogen-bond acceptors (Lipinski definition) is 4. The second kappa shape index (κ2) is 14.5. The maximum atomic E-state index is 15.1. The molecule has 2 aromatic rings. The van der Waals surface area contributed by atoms with E-state index in [-0.39, 0.29) is 62.7 Å². The molecule has 0 aliphatic heterocycles. The minimum Gasteiger partial charge on any atom is -0.423 e. The normalized spacial score (nSPS) is 22.9. The average molecular weight is 637 g/mol. The van der Waals surface area contributed by atoms with E-state index in [0.29, 0.717) is 0 Å². The number of rotatable bonds is 11. The van der Waals surface area contributed by atoms with Gasteiger partial charge >= 0.3 is 18.4 Å². The fourth-order valence-electron chi connectivity index (χ4n) is 6.08. The highest BCUT2D eigenvalue weighted by atomic mass is 19.4. The first-order valence-electron chi connectivity index (χ1n) is 15.1. The summed E-state index contributed by atoms with van der Waals surface area (Å²) in [6.45, 7) is 2.07. The summed E-state index contributed by atoms with van der Waals surface area (Å²) >= 11 is 0. The SMILES string of the molecule is CCCCCc1ccc(OC(=O)C2CCC(C(F)(F)OC3CCC(c4cc(F)c(OC(F)(F)F)c(F)c4)CC3)CC2)c(F)c1. The minimum atomic E-state index is -5.26. The van der Waals surface area contributed by atoms with Crippen LogP contribution in [0.4, 0.5) is 35.1 Å². The van der Waals surface area contributed by atoms with Gasteiger partial charge in [-0.3, -0.25) is 4.79 Å². The monoisotopic (exact) mass is 636 g/mol. The quantitative estimate of drug-likeness (QED) is 0.107. The van der Waals surface area contributed by atoms with Crippen LogP contribution in [0.5, 0.6) is 11.5 Å². The zero-order chi connectivity index (χ0) is 32.1. The molecule has 2 saturated carbocycles. The van der Waals surface area contributed by atoms with E-state index in [2.05, 4.69) is 11.7 Å². The molecular formula is C32H36F8O4. The second-order valence-corrected chi connectivity index (χ2v) is 11.7. The maximum Gasteiger partial charge on any atom is 0.573 e. The topological polar surface area (TPSA) is 44.8 Å². The molecule has 2 aliphatic rings. The number of carbonyl (C=O) groups is 1. The molecule has 0 bridgehead atoms. The number of esters is 1. The molecule has 4 rings (SSSR count). The number of halogens is 8. The van der Waals surface area contributed by atoms with Crippen molar-refractivity contribution >= 4 is 5.97 Å². The summed E-state index contributed by atoms with van der Waals surface area (Å²) in [5.41, 5.74) is 0.927. The fraction of sp³-hybridized carbons (Fsp3) is 0.594. The van der Waals surface area contributed by atoms with Crippen molar-refractivity contribution in [2.45, 2.75) is 108 Å². The molecule has 2 fully saturated rings. The Bertz CT molecular complexity index is 1240. The van der Waals surface area contributed by atoms with Gasteiger partial charge in [-0.1, -0.05) is 25.8 Å². The first kappa shape index (κ1) is 34.0. The number of ether oxygens (including phenoxy) is 3. The molecule has 244 valence electrons. The molecule has 4 nitrogen and oxygen atoms in total. The van der Waals surface area contributed by atoms with Crippen molar-refractivity contribution in [1.82, 2.24) is 0 Å². The molecule has 0 aromatic heterocycles. The molecule has 12 heteroatoms. The zero-order valence-electron chi connectivity index (χ0n) is 24.3. The number of hydrogen-bond donors (Lipinski definition) is 0. The van der Waals surface area contributed by atoms with Crippen molar-refractivity contribution in [3.8, 4) is 11.5 Å². The third-order valence-corrected chi connectivity index (χ3v) is 8.52. The lowest BCUT2D eigenvalue weighted by molar-refractivity contribution is -0.301. The molecule has 0 spiro atoms. The van der Waals surface area contributed by atoms with Crippen LogP contribution in [-0.2, 0) is 16.0 Å². The Balaban J connectivity index is 1.24. The molecule has 2 aliphatic carbocycles. The summed E-state index contributed by atoms with van der Waals surface area (Å²) in [7, 11) is 0. The molecule has 2 aromatic carbocycles. The first-order valence-corrected chi connectivity index (χ1v) is 15.1. The van der Waals surface area contributed by atoms with Gasteiger partial charge in [-0.05, 0) is 106 Å². The van der Waals surface area contributed by atoms with Crippen LogP contribution in [0.3, 0.4) is 0 Å². The Labute approximate surface area is 251 Å². The van der Waals surface area contributed by atoms with Crippen LogP contribution in [0.2, 0.25) is 0 Å². The van der Waals surface area contributed by atoms with Crippen molar-refractivity contribution in [2.24, 2.45) is 11.8 Å². The Kier molecular flexibility index (Phi) is 11.2. The van der Waals surface area contributed by atoms with Crippen molar-refractivity contribution < 1.29 is 54.1 Å². The van der Waals surface area contributed by atoms with E-state index in [0.717, 1.165) is 43.4 Å². The van der Waals surface area contributed by atoms with Crippen molar-refractivity contribution in [3.63, 3.8) is 0 Å². The van der Waals surface area contributed by atoms with Gasteiger partial charge < -0.3 is 14.2 Å². The predicted octanol–water partition coefficient (Wildman–Crippen LogP) is 9.78. The summed E-state index contributed by atoms with van der Waals surface area (Å²) in [5.74, 6) is -8.24. The molecule has 0 atom stereocenters. The van der Waals surface area contributed by atoms with Crippen LogP contribution in [0.15, 0.2) is 30.3 Å². The maximum absolute atomic E-state index is 15.1. The van der Waals surface area contributed by atoms with Gasteiger partial charge in [0.25, 0.3) is 0 Å². The smallest absolute Gasteiger partial charge is 0.423 e. The molecule has 0 amide bonds. The highest BCUT2D eigenvalue weighted by molar-refractivity contribution is 5.75. The standard InChI is InChI=1S/C32H36F8O4/c1-2-3-4-5-19-6-15-28(25(33)16-19)42-30(41)21-7-11-23(12-8-21)31(36,37)43-24-13-9-20(10-14-24)22-17-26(34)29(27(35)18-22)44-32(38,39)40/h6,15-18,20-21,23-24H,2-5,7-14H2,1H3. The first-order chi connectivity index (χ1) is 20.8. The summed E-state index contributed by atoms with van der Waals surface area (Å²) in [5, 5.41) is 0. The molecule has 44 heavy (non-hydrogen) atoms. The van der Waals surface area contributed by atoms with E-state index in [9.17, 15) is 31.1 Å². The van der Waals surface area contributed by atoms with Crippen LogP contribution in [0.1, 0.15) is 94.6 Å². The summed E-state index contributed by atoms with van der Waals surface area (Å²) < 4.78 is 124. The summed E-state index contributed by atoms with van der Waals surface area (Å²) in [6, 6.07) is 6.02. The predicted molar refractivity (Wildman–Crippen MR) is 145 cm³/mol. The van der Waals surface area contributed by atoms with Gasteiger partial charge in [-0.2, -0.15) is 8.78 Å². The largest absolute Gasteiger partial charge is 0.573 e. The Morgan fingerprint density at radius 1 is 0.818 bits per heavy atom. The van der Waals surface area contributed by atoms with Crippen LogP contribution in [-0.4, -0.2) is 24.5 Å². The number of alkyl halides is 5. The van der Waals surface area contributed by atoms with Crippen molar-refractivity contribution in [2.75, 3.05) is 0 Å². The van der Waals surface area contributed by atoms with Crippen molar-refractivity contribution in [3.05, 3.63) is 58.9 Å². The lowest BCUT2D eigenvalue weighted by Gasteiger charge is -2.36. The number of unbranched alkanes of at least 4 members (excludes halogenated alkanes) is 2. The molecule has 0 unspecified atom stereocenters. The number of benzene rings is 2. The van der Waals surface area contributed by atoms with Gasteiger partial charge in [-0.25, -0.2) is 13.2 Å². The number of aryl methyl sites for hydroxylation is 1. The van der Waals surface area contributed by atoms with Gasteiger partial charge in [0, 0.05) is 0 Å². The van der Waals surface area contributed by atoms with E-state index >= 15 is 8.78 Å².